The summed E-state index contributed by atoms with van der Waals surface area (Å²) in [4.78, 5) is 19.7. The van der Waals surface area contributed by atoms with E-state index < -0.39 is 0 Å². The maximum absolute atomic E-state index is 11.9. The van der Waals surface area contributed by atoms with Gasteiger partial charge in [0.1, 0.15) is 17.8 Å². The van der Waals surface area contributed by atoms with E-state index in [1.165, 1.54) is 12.4 Å². The number of aliphatic hydroxyl groups is 1. The van der Waals surface area contributed by atoms with E-state index in [-0.39, 0.29) is 18.3 Å². The van der Waals surface area contributed by atoms with Gasteiger partial charge in [-0.25, -0.2) is 9.97 Å². The number of aryl methyl sites for hydroxylation is 1. The van der Waals surface area contributed by atoms with Gasteiger partial charge in [-0.15, -0.1) is 0 Å². The van der Waals surface area contributed by atoms with Crippen molar-refractivity contribution in [2.24, 2.45) is 0 Å². The van der Waals surface area contributed by atoms with Crippen molar-refractivity contribution >= 4 is 5.91 Å². The van der Waals surface area contributed by atoms with Crippen molar-refractivity contribution in [3.63, 3.8) is 0 Å². The molecule has 0 bridgehead atoms. The average molecular weight is 287 g/mol. The Bertz CT molecular complexity index is 644. The van der Waals surface area contributed by atoms with Crippen molar-refractivity contribution < 1.29 is 15.0 Å². The summed E-state index contributed by atoms with van der Waals surface area (Å²) < 4.78 is 0. The normalized spacial score (nSPS) is 10.4. The van der Waals surface area contributed by atoms with Crippen molar-refractivity contribution in [3.8, 4) is 5.75 Å². The quantitative estimate of drug-likeness (QED) is 0.761. The fourth-order valence-corrected chi connectivity index (χ4v) is 1.91. The van der Waals surface area contributed by atoms with Crippen LogP contribution in [-0.2, 0) is 13.0 Å². The maximum Gasteiger partial charge on any atom is 0.270 e. The van der Waals surface area contributed by atoms with E-state index in [0.29, 0.717) is 24.2 Å². The molecule has 2 rings (SSSR count). The fraction of sp³-hybridized carbons (Fsp3) is 0.267. The molecule has 6 nitrogen and oxygen atoms in total. The minimum atomic E-state index is -0.248. The summed E-state index contributed by atoms with van der Waals surface area (Å²) >= 11 is 0. The largest absolute Gasteiger partial charge is 0.508 e. The number of nitrogens with one attached hydrogen (secondary N) is 1. The molecule has 0 aliphatic rings. The van der Waals surface area contributed by atoms with Crippen LogP contribution in [0, 0.1) is 6.92 Å². The number of nitrogens with zero attached hydrogens (tertiary/aromatic N) is 2. The Morgan fingerprint density at radius 2 is 2.10 bits per heavy atom. The first-order valence-corrected chi connectivity index (χ1v) is 6.58. The minimum absolute atomic E-state index is 0.0711. The van der Waals surface area contributed by atoms with Crippen molar-refractivity contribution in [2.45, 2.75) is 20.0 Å². The highest BCUT2D eigenvalue weighted by molar-refractivity contribution is 5.92. The Kier molecular flexibility index (Phi) is 4.84. The molecular formula is C15H17N3O3. The van der Waals surface area contributed by atoms with Crippen molar-refractivity contribution in [1.82, 2.24) is 15.3 Å². The first kappa shape index (κ1) is 14.9. The van der Waals surface area contributed by atoms with Crippen molar-refractivity contribution in [3.05, 3.63) is 53.1 Å². The van der Waals surface area contributed by atoms with Crippen LogP contribution in [0.15, 0.2) is 30.6 Å². The van der Waals surface area contributed by atoms with E-state index in [0.717, 1.165) is 11.3 Å². The van der Waals surface area contributed by atoms with Crippen LogP contribution < -0.4 is 5.32 Å². The Balaban J connectivity index is 1.91. The summed E-state index contributed by atoms with van der Waals surface area (Å²) in [7, 11) is 0. The molecule has 0 radical (unpaired) electrons. The third-order valence-electron chi connectivity index (χ3n) is 3.05. The summed E-state index contributed by atoms with van der Waals surface area (Å²) in [6.45, 7) is 2.02. The lowest BCUT2D eigenvalue weighted by molar-refractivity contribution is 0.0949. The van der Waals surface area contributed by atoms with Gasteiger partial charge in [0.15, 0.2) is 0 Å². The van der Waals surface area contributed by atoms with E-state index in [2.05, 4.69) is 15.3 Å². The fourth-order valence-electron chi connectivity index (χ4n) is 1.91. The third-order valence-corrected chi connectivity index (χ3v) is 3.05. The van der Waals surface area contributed by atoms with Gasteiger partial charge in [-0.1, -0.05) is 6.07 Å². The SMILES string of the molecule is Cc1cc(C(=O)NCCc2ccc(O)c(CO)c2)ncn1. The Morgan fingerprint density at radius 3 is 2.81 bits per heavy atom. The zero-order valence-electron chi connectivity index (χ0n) is 11.7. The van der Waals surface area contributed by atoms with Crippen molar-refractivity contribution in [1.29, 1.82) is 0 Å². The smallest absolute Gasteiger partial charge is 0.270 e. The number of aromatic hydroxyl groups is 1. The Hall–Kier alpha value is -2.47. The first-order valence-electron chi connectivity index (χ1n) is 6.58. The number of rotatable bonds is 5. The predicted molar refractivity (Wildman–Crippen MR) is 76.8 cm³/mol. The first-order chi connectivity index (χ1) is 10.1. The third kappa shape index (κ3) is 4.00. The van der Waals surface area contributed by atoms with Gasteiger partial charge >= 0.3 is 0 Å². The molecule has 0 atom stereocenters. The summed E-state index contributed by atoms with van der Waals surface area (Å²) in [6, 6.07) is 6.64. The van der Waals surface area contributed by atoms with Crippen LogP contribution in [-0.4, -0.2) is 32.6 Å². The van der Waals surface area contributed by atoms with Crippen LogP contribution in [0.2, 0.25) is 0 Å². The number of benzene rings is 1. The summed E-state index contributed by atoms with van der Waals surface area (Å²) in [5, 5.41) is 21.3. The monoisotopic (exact) mass is 287 g/mol. The molecule has 0 saturated carbocycles. The van der Waals surface area contributed by atoms with Gasteiger partial charge in [0.05, 0.1) is 6.61 Å². The molecular weight excluding hydrogens is 270 g/mol. The number of phenols is 1. The number of hydrogen-bond donors (Lipinski definition) is 3. The number of hydrogen-bond acceptors (Lipinski definition) is 5. The van der Waals surface area contributed by atoms with Crippen LogP contribution in [0.1, 0.15) is 27.3 Å². The van der Waals surface area contributed by atoms with E-state index in [1.807, 2.05) is 0 Å². The lowest BCUT2D eigenvalue weighted by Crippen LogP contribution is -2.26. The zero-order chi connectivity index (χ0) is 15.2. The van der Waals surface area contributed by atoms with Crippen LogP contribution >= 0.6 is 0 Å². The average Bonchev–Trinajstić information content (AvgIpc) is 2.48. The van der Waals surface area contributed by atoms with Gasteiger partial charge in [-0.3, -0.25) is 4.79 Å². The zero-order valence-corrected chi connectivity index (χ0v) is 11.7. The second-order valence-electron chi connectivity index (χ2n) is 4.67. The highest BCUT2D eigenvalue weighted by atomic mass is 16.3. The van der Waals surface area contributed by atoms with Crippen LogP contribution in [0.5, 0.6) is 5.75 Å². The summed E-state index contributed by atoms with van der Waals surface area (Å²) in [5.41, 5.74) is 2.48. The van der Waals surface area contributed by atoms with Gasteiger partial charge in [-0.2, -0.15) is 0 Å². The van der Waals surface area contributed by atoms with Gasteiger partial charge < -0.3 is 15.5 Å². The molecule has 0 saturated heterocycles. The molecule has 1 aromatic heterocycles. The van der Waals surface area contributed by atoms with E-state index >= 15 is 0 Å². The molecule has 0 unspecified atom stereocenters. The molecule has 0 spiro atoms. The molecule has 110 valence electrons. The predicted octanol–water partition coefficient (Wildman–Crippen LogP) is 0.955. The lowest BCUT2D eigenvalue weighted by atomic mass is 10.1. The maximum atomic E-state index is 11.9. The summed E-state index contributed by atoms with van der Waals surface area (Å²) in [6.07, 6.45) is 1.96. The van der Waals surface area contributed by atoms with Gasteiger partial charge in [0, 0.05) is 17.8 Å². The molecule has 1 amide bonds. The standard InChI is InChI=1S/C15H17N3O3/c1-10-6-13(18-9-17-10)15(21)16-5-4-11-2-3-14(20)12(7-11)8-19/h2-3,6-7,9,19-20H,4-5,8H2,1H3,(H,16,21). The second kappa shape index (κ2) is 6.81. The molecule has 1 heterocycles. The van der Waals surface area contributed by atoms with Gasteiger partial charge in [-0.05, 0) is 37.1 Å². The topological polar surface area (TPSA) is 95.3 Å². The van der Waals surface area contributed by atoms with E-state index in [9.17, 15) is 9.90 Å². The second-order valence-corrected chi connectivity index (χ2v) is 4.67. The molecule has 3 N–H and O–H groups in total. The van der Waals surface area contributed by atoms with Crippen LogP contribution in [0.4, 0.5) is 0 Å². The van der Waals surface area contributed by atoms with Gasteiger partial charge in [0.25, 0.3) is 5.91 Å². The molecule has 0 aliphatic carbocycles. The highest BCUT2D eigenvalue weighted by Gasteiger charge is 2.07. The Labute approximate surface area is 122 Å². The number of aromatic nitrogens is 2. The number of carbonyl (C=O) groups is 1. The van der Waals surface area contributed by atoms with Crippen molar-refractivity contribution in [2.75, 3.05) is 6.54 Å². The molecule has 0 aliphatic heterocycles. The highest BCUT2D eigenvalue weighted by Crippen LogP contribution is 2.18. The lowest BCUT2D eigenvalue weighted by Gasteiger charge is -2.07. The van der Waals surface area contributed by atoms with Gasteiger partial charge in [0.2, 0.25) is 0 Å². The minimum Gasteiger partial charge on any atom is -0.508 e. The molecule has 21 heavy (non-hydrogen) atoms. The van der Waals surface area contributed by atoms with Crippen LogP contribution in [0.25, 0.3) is 0 Å². The van der Waals surface area contributed by atoms with E-state index in [4.69, 9.17) is 5.11 Å². The Morgan fingerprint density at radius 1 is 1.29 bits per heavy atom. The molecule has 2 aromatic rings. The number of carbonyl (C=O) groups excluding carboxylic acids is 1. The molecule has 0 fully saturated rings. The number of amides is 1. The number of aliphatic hydroxyl groups excluding tert-OH is 1. The molecule has 6 heteroatoms. The van der Waals surface area contributed by atoms with E-state index in [1.54, 1.807) is 25.1 Å². The molecule has 1 aromatic carbocycles. The van der Waals surface area contributed by atoms with Crippen LogP contribution in [0.3, 0.4) is 0 Å². The summed E-state index contributed by atoms with van der Waals surface area (Å²) in [5.74, 6) is -0.177.